The Bertz CT molecular complexity index is 449. The second-order valence-electron chi connectivity index (χ2n) is 5.05. The van der Waals surface area contributed by atoms with Gasteiger partial charge in [0.2, 0.25) is 0 Å². The summed E-state index contributed by atoms with van der Waals surface area (Å²) in [7, 11) is 5.54. The van der Waals surface area contributed by atoms with Crippen molar-refractivity contribution in [1.82, 2.24) is 14.8 Å². The van der Waals surface area contributed by atoms with E-state index in [4.69, 9.17) is 9.84 Å². The number of rotatable bonds is 8. The van der Waals surface area contributed by atoms with E-state index in [0.717, 1.165) is 23.7 Å². The number of nitrogens with zero attached hydrogens (tertiary/aromatic N) is 3. The van der Waals surface area contributed by atoms with Crippen LogP contribution in [0.4, 0.5) is 0 Å². The maximum atomic E-state index is 10.9. The lowest BCUT2D eigenvalue weighted by molar-refractivity contribution is -0.138. The zero-order valence-corrected chi connectivity index (χ0v) is 12.6. The third kappa shape index (κ3) is 5.99. The molecule has 0 aliphatic heterocycles. The molecule has 1 aromatic rings. The number of carboxylic acid groups (broad SMARTS) is 1. The highest BCUT2D eigenvalue weighted by molar-refractivity contribution is 5.69. The van der Waals surface area contributed by atoms with Crippen LogP contribution in [0.2, 0.25) is 0 Å². The molecule has 0 amide bonds. The average Bonchev–Trinajstić information content (AvgIpc) is 2.34. The standard InChI is InChI=1S/C14H23N3O3/c1-11-7-13(20-4)8-12(15-11)9-17(10-14(18)19)6-5-16(2)3/h7-8H,5-6,9-10H2,1-4H3,(H,18,19). The number of hydrogen-bond donors (Lipinski definition) is 1. The molecule has 6 heteroatoms. The maximum absolute atomic E-state index is 10.9. The number of pyridine rings is 1. The number of aryl methyl sites for hydroxylation is 1. The van der Waals surface area contributed by atoms with Crippen LogP contribution >= 0.6 is 0 Å². The van der Waals surface area contributed by atoms with Crippen molar-refractivity contribution in [2.24, 2.45) is 0 Å². The van der Waals surface area contributed by atoms with Crippen molar-refractivity contribution in [2.45, 2.75) is 13.5 Å². The summed E-state index contributed by atoms with van der Waals surface area (Å²) >= 11 is 0. The lowest BCUT2D eigenvalue weighted by atomic mass is 10.2. The number of hydrogen-bond acceptors (Lipinski definition) is 5. The molecule has 0 saturated carbocycles. The Morgan fingerprint density at radius 1 is 1.35 bits per heavy atom. The van der Waals surface area contributed by atoms with Gasteiger partial charge < -0.3 is 14.7 Å². The van der Waals surface area contributed by atoms with Crippen LogP contribution in [0.1, 0.15) is 11.4 Å². The first-order chi connectivity index (χ1) is 9.40. The Labute approximate surface area is 120 Å². The molecule has 0 aliphatic rings. The van der Waals surface area contributed by atoms with Gasteiger partial charge in [0, 0.05) is 37.5 Å². The highest BCUT2D eigenvalue weighted by atomic mass is 16.5. The molecule has 1 rings (SSSR count). The van der Waals surface area contributed by atoms with E-state index in [2.05, 4.69) is 4.98 Å². The quantitative estimate of drug-likeness (QED) is 0.762. The van der Waals surface area contributed by atoms with Crippen molar-refractivity contribution >= 4 is 5.97 Å². The van der Waals surface area contributed by atoms with Gasteiger partial charge in [0.25, 0.3) is 0 Å². The van der Waals surface area contributed by atoms with Gasteiger partial charge in [0.05, 0.1) is 19.3 Å². The third-order valence-electron chi connectivity index (χ3n) is 2.82. The van der Waals surface area contributed by atoms with Crippen LogP contribution < -0.4 is 4.74 Å². The van der Waals surface area contributed by atoms with Gasteiger partial charge in [-0.05, 0) is 21.0 Å². The summed E-state index contributed by atoms with van der Waals surface area (Å²) in [4.78, 5) is 19.3. The molecule has 1 heterocycles. The Morgan fingerprint density at radius 2 is 2.05 bits per heavy atom. The number of likely N-dealkylation sites (N-methyl/N-ethyl adjacent to an activating group) is 1. The van der Waals surface area contributed by atoms with Crippen LogP contribution in [-0.4, -0.2) is 66.7 Å². The molecule has 0 atom stereocenters. The molecule has 20 heavy (non-hydrogen) atoms. The van der Waals surface area contributed by atoms with Crippen molar-refractivity contribution in [3.63, 3.8) is 0 Å². The van der Waals surface area contributed by atoms with Crippen LogP contribution in [0.15, 0.2) is 12.1 Å². The summed E-state index contributed by atoms with van der Waals surface area (Å²) in [5, 5.41) is 8.98. The molecule has 1 N–H and O–H groups in total. The topological polar surface area (TPSA) is 65.9 Å². The molecule has 6 nitrogen and oxygen atoms in total. The second kappa shape index (κ2) is 7.81. The zero-order valence-electron chi connectivity index (χ0n) is 12.6. The van der Waals surface area contributed by atoms with Gasteiger partial charge >= 0.3 is 5.97 Å². The van der Waals surface area contributed by atoms with E-state index in [1.165, 1.54) is 0 Å². The van der Waals surface area contributed by atoms with Gasteiger partial charge in [0.15, 0.2) is 0 Å². The van der Waals surface area contributed by atoms with Gasteiger partial charge in [0.1, 0.15) is 5.75 Å². The Morgan fingerprint density at radius 3 is 2.60 bits per heavy atom. The Kier molecular flexibility index (Phi) is 6.41. The predicted octanol–water partition coefficient (Wildman–Crippen LogP) is 0.847. The summed E-state index contributed by atoms with van der Waals surface area (Å²) in [6, 6.07) is 3.70. The molecule has 112 valence electrons. The summed E-state index contributed by atoms with van der Waals surface area (Å²) in [5.74, 6) is -0.0845. The molecule has 0 saturated heterocycles. The highest BCUT2D eigenvalue weighted by Gasteiger charge is 2.12. The normalized spacial score (nSPS) is 11.1. The second-order valence-corrected chi connectivity index (χ2v) is 5.05. The van der Waals surface area contributed by atoms with Gasteiger partial charge in [-0.25, -0.2) is 0 Å². The largest absolute Gasteiger partial charge is 0.497 e. The fourth-order valence-electron chi connectivity index (χ4n) is 1.88. The highest BCUT2D eigenvalue weighted by Crippen LogP contribution is 2.14. The molecular weight excluding hydrogens is 258 g/mol. The molecule has 0 radical (unpaired) electrons. The van der Waals surface area contributed by atoms with Crippen molar-refractivity contribution < 1.29 is 14.6 Å². The van der Waals surface area contributed by atoms with Crippen molar-refractivity contribution in [2.75, 3.05) is 40.8 Å². The van der Waals surface area contributed by atoms with Crippen LogP contribution in [0.3, 0.4) is 0 Å². The first-order valence-electron chi connectivity index (χ1n) is 6.51. The number of carbonyl (C=O) groups is 1. The molecule has 0 aliphatic carbocycles. The van der Waals surface area contributed by atoms with E-state index in [1.807, 2.05) is 43.0 Å². The number of aromatic nitrogens is 1. The molecule has 0 fully saturated rings. The lowest BCUT2D eigenvalue weighted by Crippen LogP contribution is -2.35. The van der Waals surface area contributed by atoms with Crippen LogP contribution in [0.25, 0.3) is 0 Å². The number of carboxylic acids is 1. The Balaban J connectivity index is 2.77. The Hall–Kier alpha value is -1.66. The summed E-state index contributed by atoms with van der Waals surface area (Å²) < 4.78 is 5.21. The fraction of sp³-hybridized carbons (Fsp3) is 0.571. The number of ether oxygens (including phenoxy) is 1. The minimum atomic E-state index is -0.830. The van der Waals surface area contributed by atoms with E-state index in [-0.39, 0.29) is 6.54 Å². The molecule has 0 unspecified atom stereocenters. The average molecular weight is 281 g/mol. The smallest absolute Gasteiger partial charge is 0.317 e. The third-order valence-corrected chi connectivity index (χ3v) is 2.82. The maximum Gasteiger partial charge on any atom is 0.317 e. The van der Waals surface area contributed by atoms with E-state index in [1.54, 1.807) is 7.11 Å². The van der Waals surface area contributed by atoms with Gasteiger partial charge in [-0.15, -0.1) is 0 Å². The van der Waals surface area contributed by atoms with Crippen molar-refractivity contribution in [3.8, 4) is 5.75 Å². The summed E-state index contributed by atoms with van der Waals surface area (Å²) in [6.07, 6.45) is 0. The van der Waals surface area contributed by atoms with Crippen LogP contribution in [-0.2, 0) is 11.3 Å². The molecular formula is C14H23N3O3. The summed E-state index contributed by atoms with van der Waals surface area (Å²) in [6.45, 7) is 3.88. The zero-order chi connectivity index (χ0) is 15.1. The SMILES string of the molecule is COc1cc(C)nc(CN(CCN(C)C)CC(=O)O)c1. The number of aliphatic carboxylic acids is 1. The minimum absolute atomic E-state index is 0.00573. The first-order valence-corrected chi connectivity index (χ1v) is 6.51. The van der Waals surface area contributed by atoms with Crippen LogP contribution in [0, 0.1) is 6.92 Å². The molecule has 1 aromatic heterocycles. The van der Waals surface area contributed by atoms with Gasteiger partial charge in [-0.2, -0.15) is 0 Å². The van der Waals surface area contributed by atoms with Gasteiger partial charge in [-0.1, -0.05) is 0 Å². The van der Waals surface area contributed by atoms with E-state index < -0.39 is 5.97 Å². The molecule has 0 spiro atoms. The molecule has 0 bridgehead atoms. The molecule has 0 aromatic carbocycles. The summed E-state index contributed by atoms with van der Waals surface area (Å²) in [5.41, 5.74) is 1.68. The van der Waals surface area contributed by atoms with Crippen LogP contribution in [0.5, 0.6) is 5.75 Å². The lowest BCUT2D eigenvalue weighted by Gasteiger charge is -2.22. The fourth-order valence-corrected chi connectivity index (χ4v) is 1.88. The predicted molar refractivity (Wildman–Crippen MR) is 77.0 cm³/mol. The van der Waals surface area contributed by atoms with Crippen molar-refractivity contribution in [1.29, 1.82) is 0 Å². The first kappa shape index (κ1) is 16.4. The van der Waals surface area contributed by atoms with E-state index >= 15 is 0 Å². The van der Waals surface area contributed by atoms with E-state index in [0.29, 0.717) is 13.1 Å². The monoisotopic (exact) mass is 281 g/mol. The van der Waals surface area contributed by atoms with Gasteiger partial charge in [-0.3, -0.25) is 14.7 Å². The van der Waals surface area contributed by atoms with E-state index in [9.17, 15) is 4.79 Å². The van der Waals surface area contributed by atoms with Crippen molar-refractivity contribution in [3.05, 3.63) is 23.5 Å². The number of methoxy groups -OCH3 is 1. The minimum Gasteiger partial charge on any atom is -0.497 e.